The van der Waals surface area contributed by atoms with E-state index >= 15 is 0 Å². The maximum atomic E-state index is 6.35. The van der Waals surface area contributed by atoms with Crippen LogP contribution < -0.4 is 5.32 Å². The lowest BCUT2D eigenvalue weighted by molar-refractivity contribution is 0.0183. The molecule has 0 aromatic heterocycles. The Morgan fingerprint density at radius 2 is 1.75 bits per heavy atom. The van der Waals surface area contributed by atoms with Crippen LogP contribution in [0.5, 0.6) is 0 Å². The van der Waals surface area contributed by atoms with E-state index in [-0.39, 0.29) is 17.1 Å². The van der Waals surface area contributed by atoms with Gasteiger partial charge in [-0.05, 0) is 35.4 Å². The lowest BCUT2D eigenvalue weighted by atomic mass is 9.99. The molecule has 0 bridgehead atoms. The van der Waals surface area contributed by atoms with Crippen LogP contribution in [0.3, 0.4) is 0 Å². The van der Waals surface area contributed by atoms with Crippen LogP contribution in [0.25, 0.3) is 0 Å². The lowest BCUT2D eigenvalue weighted by Gasteiger charge is -2.36. The highest BCUT2D eigenvalue weighted by Gasteiger charge is 2.55. The average Bonchev–Trinajstić information content (AvgIpc) is 3.24. The van der Waals surface area contributed by atoms with Crippen molar-refractivity contribution in [2.75, 3.05) is 39.2 Å². The SMILES string of the molecule is COCCNC[C@@]12CO[C@H](c3ccc(Cl)cc3)N1[C@@H](c1ccc(Cl)cc1)SC2. The molecule has 1 N–H and O–H groups in total. The first-order chi connectivity index (χ1) is 13.6. The summed E-state index contributed by atoms with van der Waals surface area (Å²) in [5.74, 6) is 1.00. The van der Waals surface area contributed by atoms with Crippen molar-refractivity contribution in [3.05, 3.63) is 69.7 Å². The van der Waals surface area contributed by atoms with Crippen molar-refractivity contribution < 1.29 is 9.47 Å². The molecular weight excluding hydrogens is 415 g/mol. The van der Waals surface area contributed by atoms with Gasteiger partial charge in [0.1, 0.15) is 6.23 Å². The van der Waals surface area contributed by atoms with Crippen LogP contribution in [0.1, 0.15) is 22.7 Å². The molecule has 2 fully saturated rings. The van der Waals surface area contributed by atoms with Crippen molar-refractivity contribution in [3.8, 4) is 0 Å². The van der Waals surface area contributed by atoms with Crippen LogP contribution in [0.2, 0.25) is 10.0 Å². The van der Waals surface area contributed by atoms with E-state index < -0.39 is 0 Å². The summed E-state index contributed by atoms with van der Waals surface area (Å²) >= 11 is 14.2. The van der Waals surface area contributed by atoms with Gasteiger partial charge in [-0.3, -0.25) is 0 Å². The van der Waals surface area contributed by atoms with Crippen LogP contribution in [0, 0.1) is 0 Å². The zero-order chi connectivity index (χ0) is 19.6. The third kappa shape index (κ3) is 4.08. The molecule has 3 atom stereocenters. The molecule has 2 saturated heterocycles. The zero-order valence-electron chi connectivity index (χ0n) is 15.7. The van der Waals surface area contributed by atoms with Gasteiger partial charge in [0.2, 0.25) is 0 Å². The Morgan fingerprint density at radius 3 is 2.39 bits per heavy atom. The Bertz CT molecular complexity index is 730. The fraction of sp³-hybridized carbons (Fsp3) is 0.429. The zero-order valence-corrected chi connectivity index (χ0v) is 18.1. The van der Waals surface area contributed by atoms with Gasteiger partial charge in [0.05, 0.1) is 24.1 Å². The summed E-state index contributed by atoms with van der Waals surface area (Å²) in [5, 5.41) is 5.25. The van der Waals surface area contributed by atoms with E-state index in [0.717, 1.165) is 34.5 Å². The number of hydrogen-bond donors (Lipinski definition) is 1. The van der Waals surface area contributed by atoms with Crippen molar-refractivity contribution in [2.24, 2.45) is 0 Å². The van der Waals surface area contributed by atoms with E-state index in [4.69, 9.17) is 32.7 Å². The molecule has 0 radical (unpaired) electrons. The molecule has 150 valence electrons. The number of fused-ring (bicyclic) bond motifs is 1. The second-order valence-corrected chi connectivity index (χ2v) is 9.17. The molecule has 7 heteroatoms. The Kier molecular flexibility index (Phi) is 6.53. The van der Waals surface area contributed by atoms with Gasteiger partial charge >= 0.3 is 0 Å². The predicted octanol–water partition coefficient (Wildman–Crippen LogP) is 4.74. The highest BCUT2D eigenvalue weighted by Crippen LogP contribution is 2.54. The second-order valence-electron chi connectivity index (χ2n) is 7.23. The normalized spacial score (nSPS) is 27.2. The summed E-state index contributed by atoms with van der Waals surface area (Å²) in [7, 11) is 1.73. The number of hydrogen-bond acceptors (Lipinski definition) is 5. The fourth-order valence-corrected chi connectivity index (χ4v) is 5.80. The summed E-state index contributed by atoms with van der Waals surface area (Å²) < 4.78 is 11.5. The minimum absolute atomic E-state index is 0.0625. The van der Waals surface area contributed by atoms with Gasteiger partial charge in [0.15, 0.2) is 0 Å². The number of nitrogens with one attached hydrogen (secondary N) is 1. The molecule has 2 aromatic rings. The van der Waals surface area contributed by atoms with E-state index in [2.05, 4.69) is 34.5 Å². The van der Waals surface area contributed by atoms with Crippen molar-refractivity contribution in [2.45, 2.75) is 17.1 Å². The largest absolute Gasteiger partial charge is 0.383 e. The molecule has 2 aromatic carbocycles. The molecule has 2 aliphatic heterocycles. The maximum absolute atomic E-state index is 6.35. The van der Waals surface area contributed by atoms with Gasteiger partial charge in [-0.15, -0.1) is 11.8 Å². The number of halogens is 2. The first kappa shape index (κ1) is 20.5. The first-order valence-corrected chi connectivity index (χ1v) is 11.2. The monoisotopic (exact) mass is 438 g/mol. The van der Waals surface area contributed by atoms with Gasteiger partial charge < -0.3 is 14.8 Å². The summed E-state index contributed by atoms with van der Waals surface area (Å²) in [5.41, 5.74) is 2.31. The van der Waals surface area contributed by atoms with E-state index in [1.54, 1.807) is 7.11 Å². The standard InChI is InChI=1S/C21H24Cl2N2O2S/c1-26-11-10-24-12-21-13-27-19(15-2-6-17(22)7-3-15)25(21)20(28-14-21)16-4-8-18(23)9-5-16/h2-9,19-20,24H,10-14H2,1H3/t19-,20-,21+/m1/s1. The molecular formula is C21H24Cl2N2O2S. The molecule has 2 aliphatic rings. The minimum Gasteiger partial charge on any atom is -0.383 e. The van der Waals surface area contributed by atoms with Crippen molar-refractivity contribution in [1.82, 2.24) is 10.2 Å². The Hall–Kier alpha value is -0.790. The van der Waals surface area contributed by atoms with Gasteiger partial charge in [0, 0.05) is 36.0 Å². The summed E-state index contributed by atoms with van der Waals surface area (Å²) in [4.78, 5) is 2.52. The van der Waals surface area contributed by atoms with Crippen LogP contribution in [0.4, 0.5) is 0 Å². The average molecular weight is 439 g/mol. The van der Waals surface area contributed by atoms with Crippen LogP contribution in [0.15, 0.2) is 48.5 Å². The highest BCUT2D eigenvalue weighted by atomic mass is 35.5. The Balaban J connectivity index is 1.63. The number of methoxy groups -OCH3 is 1. The van der Waals surface area contributed by atoms with Crippen LogP contribution in [-0.2, 0) is 9.47 Å². The number of rotatable bonds is 7. The molecule has 4 nitrogen and oxygen atoms in total. The predicted molar refractivity (Wildman–Crippen MR) is 116 cm³/mol. The number of thioether (sulfide) groups is 1. The smallest absolute Gasteiger partial charge is 0.138 e. The number of benzene rings is 2. The highest BCUT2D eigenvalue weighted by molar-refractivity contribution is 7.99. The second kappa shape index (κ2) is 8.92. The van der Waals surface area contributed by atoms with E-state index in [1.807, 2.05) is 36.0 Å². The molecule has 2 heterocycles. The summed E-state index contributed by atoms with van der Waals surface area (Å²) in [6.45, 7) is 3.08. The number of ether oxygens (including phenoxy) is 2. The summed E-state index contributed by atoms with van der Waals surface area (Å²) in [6, 6.07) is 16.1. The fourth-order valence-electron chi connectivity index (χ4n) is 3.90. The molecule has 0 amide bonds. The Labute approximate surface area is 180 Å². The van der Waals surface area contributed by atoms with Gasteiger partial charge in [-0.1, -0.05) is 47.5 Å². The molecule has 0 unspecified atom stereocenters. The topological polar surface area (TPSA) is 33.7 Å². The molecule has 4 rings (SSSR count). The molecule has 28 heavy (non-hydrogen) atoms. The molecule has 0 saturated carbocycles. The summed E-state index contributed by atoms with van der Waals surface area (Å²) in [6.07, 6.45) is -0.0998. The minimum atomic E-state index is -0.0998. The van der Waals surface area contributed by atoms with Crippen LogP contribution in [-0.4, -0.2) is 49.6 Å². The van der Waals surface area contributed by atoms with Crippen LogP contribution >= 0.6 is 35.0 Å². The third-order valence-corrected chi connectivity index (χ3v) is 7.34. The quantitative estimate of drug-likeness (QED) is 0.630. The van der Waals surface area contributed by atoms with Crippen molar-refractivity contribution >= 4 is 35.0 Å². The van der Waals surface area contributed by atoms with Gasteiger partial charge in [0.25, 0.3) is 0 Å². The van der Waals surface area contributed by atoms with E-state index in [9.17, 15) is 0 Å². The Morgan fingerprint density at radius 1 is 1.11 bits per heavy atom. The van der Waals surface area contributed by atoms with E-state index in [0.29, 0.717) is 13.2 Å². The maximum Gasteiger partial charge on any atom is 0.138 e. The first-order valence-electron chi connectivity index (χ1n) is 9.35. The number of nitrogens with zero attached hydrogens (tertiary/aromatic N) is 1. The lowest BCUT2D eigenvalue weighted by Crippen LogP contribution is -2.52. The van der Waals surface area contributed by atoms with Crippen molar-refractivity contribution in [1.29, 1.82) is 0 Å². The van der Waals surface area contributed by atoms with Gasteiger partial charge in [-0.25, -0.2) is 4.90 Å². The van der Waals surface area contributed by atoms with Gasteiger partial charge in [-0.2, -0.15) is 0 Å². The molecule has 0 aliphatic carbocycles. The molecule has 0 spiro atoms. The van der Waals surface area contributed by atoms with Crippen molar-refractivity contribution in [3.63, 3.8) is 0 Å². The third-order valence-electron chi connectivity index (χ3n) is 5.32. The van der Waals surface area contributed by atoms with E-state index in [1.165, 1.54) is 5.56 Å².